The molecule has 0 spiro atoms. The molecule has 0 unspecified atom stereocenters. The van der Waals surface area contributed by atoms with Gasteiger partial charge in [0, 0.05) is 49.4 Å². The lowest BCUT2D eigenvalue weighted by atomic mass is 9.99. The first-order chi connectivity index (χ1) is 14.7. The molecule has 1 aromatic heterocycles. The van der Waals surface area contributed by atoms with Crippen LogP contribution in [0.5, 0.6) is 5.19 Å². The summed E-state index contributed by atoms with van der Waals surface area (Å²) in [6.45, 7) is 3.61. The first kappa shape index (κ1) is 20.8. The van der Waals surface area contributed by atoms with Crippen molar-refractivity contribution < 1.29 is 14.3 Å². The number of ether oxygens (including phenoxy) is 1. The Kier molecular flexibility index (Phi) is 6.96. The molecule has 2 aliphatic rings. The molecule has 2 fully saturated rings. The lowest BCUT2D eigenvalue weighted by Gasteiger charge is -2.41. The van der Waals surface area contributed by atoms with E-state index in [0.717, 1.165) is 57.1 Å². The standard InChI is InChI=1S/C22H28N4O3S/c27-20(16-24-21(28)17-4-2-1-3-5-17)26-11-6-18(7-12-26)25-13-8-19(9-14-25)29-22-23-10-15-30-22/h1-5,10,15,18-19H,6-9,11-14,16H2,(H,24,28). The van der Waals surface area contributed by atoms with Gasteiger partial charge in [-0.25, -0.2) is 4.98 Å². The summed E-state index contributed by atoms with van der Waals surface area (Å²) in [5, 5.41) is 5.44. The van der Waals surface area contributed by atoms with Gasteiger partial charge in [0.2, 0.25) is 5.91 Å². The van der Waals surface area contributed by atoms with Crippen LogP contribution >= 0.6 is 11.3 Å². The molecule has 8 heteroatoms. The van der Waals surface area contributed by atoms with Crippen molar-refractivity contribution in [1.29, 1.82) is 0 Å². The highest BCUT2D eigenvalue weighted by atomic mass is 32.1. The number of hydrogen-bond acceptors (Lipinski definition) is 6. The van der Waals surface area contributed by atoms with Crippen molar-refractivity contribution in [3.8, 4) is 5.19 Å². The maximum atomic E-state index is 12.5. The fourth-order valence-electron chi connectivity index (χ4n) is 4.21. The van der Waals surface area contributed by atoms with Crippen molar-refractivity contribution in [3.63, 3.8) is 0 Å². The average molecular weight is 429 g/mol. The van der Waals surface area contributed by atoms with Gasteiger partial charge in [-0.05, 0) is 37.8 Å². The van der Waals surface area contributed by atoms with Crippen molar-refractivity contribution in [1.82, 2.24) is 20.1 Å². The predicted octanol–water partition coefficient (Wildman–Crippen LogP) is 2.41. The second kappa shape index (κ2) is 10.0. The number of benzene rings is 1. The van der Waals surface area contributed by atoms with Crippen LogP contribution in [0.25, 0.3) is 0 Å². The maximum Gasteiger partial charge on any atom is 0.273 e. The molecule has 0 bridgehead atoms. The van der Waals surface area contributed by atoms with Gasteiger partial charge in [-0.2, -0.15) is 0 Å². The first-order valence-corrected chi connectivity index (χ1v) is 11.5. The molecule has 7 nitrogen and oxygen atoms in total. The highest BCUT2D eigenvalue weighted by Crippen LogP contribution is 2.24. The van der Waals surface area contributed by atoms with E-state index in [1.807, 2.05) is 28.5 Å². The van der Waals surface area contributed by atoms with Crippen LogP contribution in [0.4, 0.5) is 0 Å². The van der Waals surface area contributed by atoms with Crippen LogP contribution in [0.15, 0.2) is 41.9 Å². The number of aromatic nitrogens is 1. The summed E-state index contributed by atoms with van der Waals surface area (Å²) in [6, 6.07) is 9.51. The number of carbonyl (C=O) groups excluding carboxylic acids is 2. The molecule has 2 aromatic rings. The van der Waals surface area contributed by atoms with Crippen LogP contribution in [0, 0.1) is 0 Å². The summed E-state index contributed by atoms with van der Waals surface area (Å²) in [4.78, 5) is 33.2. The van der Waals surface area contributed by atoms with E-state index in [1.165, 1.54) is 0 Å². The topological polar surface area (TPSA) is 74.8 Å². The van der Waals surface area contributed by atoms with E-state index >= 15 is 0 Å². The van der Waals surface area contributed by atoms with E-state index in [-0.39, 0.29) is 24.5 Å². The number of nitrogens with one attached hydrogen (secondary N) is 1. The summed E-state index contributed by atoms with van der Waals surface area (Å²) in [5.41, 5.74) is 0.575. The van der Waals surface area contributed by atoms with Crippen molar-refractivity contribution in [2.45, 2.75) is 37.8 Å². The van der Waals surface area contributed by atoms with Crippen LogP contribution in [0.3, 0.4) is 0 Å². The van der Waals surface area contributed by atoms with Gasteiger partial charge in [-0.15, -0.1) is 0 Å². The van der Waals surface area contributed by atoms with Gasteiger partial charge in [-0.3, -0.25) is 14.5 Å². The summed E-state index contributed by atoms with van der Waals surface area (Å²) in [7, 11) is 0. The molecule has 2 aliphatic heterocycles. The Morgan fingerprint density at radius 1 is 1.07 bits per heavy atom. The molecule has 30 heavy (non-hydrogen) atoms. The molecule has 3 heterocycles. The van der Waals surface area contributed by atoms with Crippen molar-refractivity contribution in [3.05, 3.63) is 47.5 Å². The molecule has 1 N–H and O–H groups in total. The molecule has 160 valence electrons. The molecule has 1 aromatic carbocycles. The van der Waals surface area contributed by atoms with Gasteiger partial charge in [0.25, 0.3) is 11.1 Å². The molecule has 2 amide bonds. The van der Waals surface area contributed by atoms with E-state index in [1.54, 1.807) is 29.7 Å². The Morgan fingerprint density at radius 3 is 2.47 bits per heavy atom. The summed E-state index contributed by atoms with van der Waals surface area (Å²) in [6.07, 6.45) is 6.03. The third-order valence-corrected chi connectivity index (χ3v) is 6.58. The zero-order valence-electron chi connectivity index (χ0n) is 17.0. The predicted molar refractivity (Wildman–Crippen MR) is 116 cm³/mol. The Hall–Kier alpha value is -2.45. The SMILES string of the molecule is O=C(NCC(=O)N1CCC(N2CCC(Oc3nccs3)CC2)CC1)c1ccccc1. The second-order valence-corrected chi connectivity index (χ2v) is 8.67. The van der Waals surface area contributed by atoms with Crippen LogP contribution in [0.2, 0.25) is 0 Å². The minimum atomic E-state index is -0.207. The zero-order valence-corrected chi connectivity index (χ0v) is 17.9. The number of likely N-dealkylation sites (tertiary alicyclic amines) is 2. The van der Waals surface area contributed by atoms with Crippen molar-refractivity contribution in [2.75, 3.05) is 32.7 Å². The number of piperidine rings is 2. The minimum absolute atomic E-state index is 0.00622. The maximum absolute atomic E-state index is 12.5. The van der Waals surface area contributed by atoms with Gasteiger partial charge in [0.1, 0.15) is 6.10 Å². The van der Waals surface area contributed by atoms with Gasteiger partial charge in [0.05, 0.1) is 6.54 Å². The number of carbonyl (C=O) groups is 2. The second-order valence-electron chi connectivity index (χ2n) is 7.81. The van der Waals surface area contributed by atoms with Crippen LogP contribution in [-0.4, -0.2) is 71.5 Å². The zero-order chi connectivity index (χ0) is 20.8. The Labute approximate surface area is 181 Å². The third-order valence-electron chi connectivity index (χ3n) is 5.92. The lowest BCUT2D eigenvalue weighted by Crippen LogP contribution is -2.51. The molecule has 0 saturated carbocycles. The van der Waals surface area contributed by atoms with E-state index in [4.69, 9.17) is 4.74 Å². The van der Waals surface area contributed by atoms with E-state index < -0.39 is 0 Å². The molecule has 4 rings (SSSR count). The highest BCUT2D eigenvalue weighted by Gasteiger charge is 2.30. The summed E-state index contributed by atoms with van der Waals surface area (Å²) in [5.74, 6) is -0.213. The highest BCUT2D eigenvalue weighted by molar-refractivity contribution is 7.11. The monoisotopic (exact) mass is 428 g/mol. The third kappa shape index (κ3) is 5.37. The van der Waals surface area contributed by atoms with E-state index in [0.29, 0.717) is 11.6 Å². The van der Waals surface area contributed by atoms with Crippen LogP contribution in [0.1, 0.15) is 36.0 Å². The molecule has 0 radical (unpaired) electrons. The average Bonchev–Trinajstić information content (AvgIpc) is 3.31. The number of hydrogen-bond donors (Lipinski definition) is 1. The largest absolute Gasteiger partial charge is 0.467 e. The van der Waals surface area contributed by atoms with Gasteiger partial charge in [-0.1, -0.05) is 29.5 Å². The fraction of sp³-hybridized carbons (Fsp3) is 0.500. The fourth-order valence-corrected chi connectivity index (χ4v) is 4.76. The molecular weight excluding hydrogens is 400 g/mol. The Balaban J connectivity index is 1.16. The van der Waals surface area contributed by atoms with Gasteiger partial charge < -0.3 is 15.0 Å². The summed E-state index contributed by atoms with van der Waals surface area (Å²) >= 11 is 1.54. The molecule has 2 saturated heterocycles. The van der Waals surface area contributed by atoms with E-state index in [2.05, 4.69) is 15.2 Å². The van der Waals surface area contributed by atoms with Crippen molar-refractivity contribution in [2.24, 2.45) is 0 Å². The van der Waals surface area contributed by atoms with Gasteiger partial charge >= 0.3 is 0 Å². The first-order valence-electron chi connectivity index (χ1n) is 10.6. The minimum Gasteiger partial charge on any atom is -0.467 e. The smallest absolute Gasteiger partial charge is 0.273 e. The molecule has 0 atom stereocenters. The summed E-state index contributed by atoms with van der Waals surface area (Å²) < 4.78 is 5.95. The number of thiazole rings is 1. The number of nitrogens with zero attached hydrogens (tertiary/aromatic N) is 3. The van der Waals surface area contributed by atoms with Crippen molar-refractivity contribution >= 4 is 23.2 Å². The van der Waals surface area contributed by atoms with Crippen LogP contribution < -0.4 is 10.1 Å². The molecular formula is C22H28N4O3S. The number of rotatable bonds is 6. The molecule has 0 aliphatic carbocycles. The number of amides is 2. The van der Waals surface area contributed by atoms with Crippen LogP contribution in [-0.2, 0) is 4.79 Å². The Bertz CT molecular complexity index is 814. The Morgan fingerprint density at radius 2 is 1.80 bits per heavy atom. The normalized spacial score (nSPS) is 18.9. The quantitative estimate of drug-likeness (QED) is 0.765. The van der Waals surface area contributed by atoms with Gasteiger partial charge in [0.15, 0.2) is 0 Å². The lowest BCUT2D eigenvalue weighted by molar-refractivity contribution is -0.131. The van der Waals surface area contributed by atoms with E-state index in [9.17, 15) is 9.59 Å².